The number of aromatic hydroxyl groups is 1. The third kappa shape index (κ3) is 5.24. The quantitative estimate of drug-likeness (QED) is 0.280. The van der Waals surface area contributed by atoms with E-state index in [-0.39, 0.29) is 30.4 Å². The molecule has 32 heavy (non-hydrogen) atoms. The minimum absolute atomic E-state index is 0.0314. The van der Waals surface area contributed by atoms with Gasteiger partial charge in [-0.25, -0.2) is 18.3 Å². The second-order valence-electron chi connectivity index (χ2n) is 7.59. The summed E-state index contributed by atoms with van der Waals surface area (Å²) in [4.78, 5) is 10.9. The first-order chi connectivity index (χ1) is 15.1. The number of hydrogen-bond acceptors (Lipinski definition) is 7. The molecule has 0 radical (unpaired) electrons. The Kier molecular flexibility index (Phi) is 6.80. The van der Waals surface area contributed by atoms with Crippen LogP contribution in [0.4, 0.5) is 0 Å². The number of nitrogen functional groups attached to an aromatic ring is 1. The second kappa shape index (κ2) is 9.37. The molecule has 0 saturated carbocycles. The van der Waals surface area contributed by atoms with E-state index in [1.165, 1.54) is 17.7 Å². The topological polar surface area (TPSA) is 166 Å². The summed E-state index contributed by atoms with van der Waals surface area (Å²) in [6.45, 7) is 3.88. The van der Waals surface area contributed by atoms with Crippen LogP contribution in [0.3, 0.4) is 0 Å². The Morgan fingerprint density at radius 2 is 1.94 bits per heavy atom. The molecule has 10 nitrogen and oxygen atoms in total. The molecule has 11 heteroatoms. The highest BCUT2D eigenvalue weighted by molar-refractivity contribution is 7.89. The van der Waals surface area contributed by atoms with Crippen molar-refractivity contribution in [1.82, 2.24) is 14.5 Å². The van der Waals surface area contributed by atoms with Crippen molar-refractivity contribution >= 4 is 15.9 Å². The average Bonchev–Trinajstić information content (AvgIpc) is 3.16. The van der Waals surface area contributed by atoms with E-state index in [4.69, 9.17) is 15.6 Å². The summed E-state index contributed by atoms with van der Waals surface area (Å²) in [5.74, 6) is -1.36. The molecule has 1 aromatic heterocycles. The number of aromatic nitrogens is 2. The summed E-state index contributed by atoms with van der Waals surface area (Å²) in [6, 6.07) is 11.5. The van der Waals surface area contributed by atoms with Gasteiger partial charge in [0.25, 0.3) is 0 Å². The van der Waals surface area contributed by atoms with Gasteiger partial charge in [0.05, 0.1) is 6.54 Å². The van der Waals surface area contributed by atoms with Gasteiger partial charge < -0.3 is 15.3 Å². The smallest absolute Gasteiger partial charge is 0.434 e. The number of phenolic OH excluding ortho intramolecular Hbond substituents is 1. The first-order valence-corrected chi connectivity index (χ1v) is 11.3. The van der Waals surface area contributed by atoms with Gasteiger partial charge in [-0.2, -0.15) is 4.31 Å². The van der Waals surface area contributed by atoms with E-state index in [0.717, 1.165) is 15.9 Å². The van der Waals surface area contributed by atoms with E-state index in [1.54, 1.807) is 0 Å². The van der Waals surface area contributed by atoms with Crippen LogP contribution < -0.4 is 11.5 Å². The molecule has 0 aliphatic heterocycles. The molecule has 0 saturated heterocycles. The molecule has 170 valence electrons. The van der Waals surface area contributed by atoms with Crippen molar-refractivity contribution in [1.29, 1.82) is 5.41 Å². The average molecular weight is 460 g/mol. The van der Waals surface area contributed by atoms with Gasteiger partial charge in [-0.3, -0.25) is 5.41 Å². The third-order valence-electron chi connectivity index (χ3n) is 4.98. The fourth-order valence-electron chi connectivity index (χ4n) is 3.11. The van der Waals surface area contributed by atoms with Gasteiger partial charge in [-0.05, 0) is 41.7 Å². The van der Waals surface area contributed by atoms with Crippen LogP contribution in [-0.2, 0) is 23.0 Å². The lowest BCUT2D eigenvalue weighted by atomic mass is 10.0. The molecule has 2 aromatic carbocycles. The van der Waals surface area contributed by atoms with Gasteiger partial charge in [0, 0.05) is 12.1 Å². The van der Waals surface area contributed by atoms with Gasteiger partial charge >= 0.3 is 5.76 Å². The van der Waals surface area contributed by atoms with Crippen LogP contribution in [0.1, 0.15) is 42.3 Å². The molecule has 0 fully saturated rings. The summed E-state index contributed by atoms with van der Waals surface area (Å²) in [5, 5.41) is 23.6. The van der Waals surface area contributed by atoms with Crippen LogP contribution >= 0.6 is 0 Å². The van der Waals surface area contributed by atoms with Crippen molar-refractivity contribution in [2.75, 3.05) is 6.54 Å². The lowest BCUT2D eigenvalue weighted by molar-refractivity contribution is 0.348. The maximum Gasteiger partial charge on any atom is 0.434 e. The Morgan fingerprint density at radius 1 is 1.25 bits per heavy atom. The normalized spacial score (nSPS) is 11.9. The van der Waals surface area contributed by atoms with Crippen LogP contribution in [0.5, 0.6) is 5.75 Å². The number of nitrogens with one attached hydrogen (secondary N) is 2. The summed E-state index contributed by atoms with van der Waals surface area (Å²) in [5.41, 5.74) is 7.71. The number of rotatable bonds is 9. The van der Waals surface area contributed by atoms with Crippen LogP contribution in [0, 0.1) is 5.41 Å². The van der Waals surface area contributed by atoms with E-state index < -0.39 is 26.4 Å². The van der Waals surface area contributed by atoms with E-state index in [0.29, 0.717) is 12.3 Å². The molecular formula is C21H25N5O5S. The van der Waals surface area contributed by atoms with Crippen LogP contribution in [0.25, 0.3) is 0 Å². The Morgan fingerprint density at radius 3 is 2.50 bits per heavy atom. The SMILES string of the molecule is CC(C)c1ccc(CCN(Cc2n[nH]c(=O)o2)S(=O)(=O)c2cc(C(=N)N)ccc2O)cc1. The second-order valence-corrected chi connectivity index (χ2v) is 9.49. The molecule has 3 rings (SSSR count). The van der Waals surface area contributed by atoms with E-state index in [2.05, 4.69) is 24.0 Å². The van der Waals surface area contributed by atoms with Gasteiger partial charge in [0.2, 0.25) is 15.9 Å². The predicted octanol–water partition coefficient (Wildman–Crippen LogP) is 1.91. The van der Waals surface area contributed by atoms with E-state index >= 15 is 0 Å². The molecule has 0 spiro atoms. The Hall–Kier alpha value is -3.44. The maximum absolute atomic E-state index is 13.4. The van der Waals surface area contributed by atoms with Crippen LogP contribution in [-0.4, -0.2) is 40.4 Å². The van der Waals surface area contributed by atoms with Crippen molar-refractivity contribution in [2.24, 2.45) is 5.73 Å². The number of aromatic amines is 1. The molecule has 3 aromatic rings. The number of phenols is 1. The number of hydrogen-bond donors (Lipinski definition) is 4. The number of nitrogens with zero attached hydrogens (tertiary/aromatic N) is 2. The molecule has 5 N–H and O–H groups in total. The molecule has 0 atom stereocenters. The zero-order valence-corrected chi connectivity index (χ0v) is 18.5. The summed E-state index contributed by atoms with van der Waals surface area (Å²) >= 11 is 0. The molecule has 0 amide bonds. The lowest BCUT2D eigenvalue weighted by Gasteiger charge is -2.21. The zero-order chi connectivity index (χ0) is 23.5. The van der Waals surface area contributed by atoms with Crippen molar-refractivity contribution in [2.45, 2.75) is 37.6 Å². The van der Waals surface area contributed by atoms with Crippen molar-refractivity contribution in [3.05, 3.63) is 75.6 Å². The molecule has 0 aliphatic carbocycles. The molecule has 0 unspecified atom stereocenters. The number of benzene rings is 2. The number of nitrogens with two attached hydrogens (primary N) is 1. The summed E-state index contributed by atoms with van der Waals surface area (Å²) in [6.07, 6.45) is 0.374. The standard InChI is InChI=1S/C21H25N5O5S/c1-13(2)15-5-3-14(4-6-15)9-10-26(12-19-24-25-21(28)31-19)32(29,30)18-11-16(20(22)23)7-8-17(18)27/h3-8,11,13,27H,9-10,12H2,1-2H3,(H3,22,23)(H,25,28). The third-order valence-corrected chi connectivity index (χ3v) is 6.85. The molecule has 1 heterocycles. The number of amidine groups is 1. The fraction of sp³-hybridized carbons (Fsp3) is 0.286. The highest BCUT2D eigenvalue weighted by Gasteiger charge is 2.29. The van der Waals surface area contributed by atoms with E-state index in [1.807, 2.05) is 24.3 Å². The van der Waals surface area contributed by atoms with Gasteiger partial charge in [0.15, 0.2) is 0 Å². The lowest BCUT2D eigenvalue weighted by Crippen LogP contribution is -2.33. The fourth-order valence-corrected chi connectivity index (χ4v) is 4.61. The van der Waals surface area contributed by atoms with Crippen molar-refractivity contribution in [3.63, 3.8) is 0 Å². The minimum atomic E-state index is -4.25. The zero-order valence-electron chi connectivity index (χ0n) is 17.7. The minimum Gasteiger partial charge on any atom is -0.507 e. The maximum atomic E-state index is 13.4. The van der Waals surface area contributed by atoms with Crippen LogP contribution in [0.2, 0.25) is 0 Å². The summed E-state index contributed by atoms with van der Waals surface area (Å²) < 4.78 is 32.7. The molecule has 0 bridgehead atoms. The first-order valence-electron chi connectivity index (χ1n) is 9.88. The monoisotopic (exact) mass is 459 g/mol. The number of H-pyrrole nitrogens is 1. The highest BCUT2D eigenvalue weighted by atomic mass is 32.2. The van der Waals surface area contributed by atoms with Gasteiger partial charge in [0.1, 0.15) is 16.5 Å². The molecule has 0 aliphatic rings. The Labute approximate surface area is 185 Å². The highest BCUT2D eigenvalue weighted by Crippen LogP contribution is 2.28. The van der Waals surface area contributed by atoms with Crippen LogP contribution in [0.15, 0.2) is 56.6 Å². The first kappa shape index (κ1) is 23.2. The van der Waals surface area contributed by atoms with E-state index in [9.17, 15) is 18.3 Å². The van der Waals surface area contributed by atoms with Crippen molar-refractivity contribution < 1.29 is 17.9 Å². The predicted molar refractivity (Wildman–Crippen MR) is 118 cm³/mol. The van der Waals surface area contributed by atoms with Crippen molar-refractivity contribution in [3.8, 4) is 5.75 Å². The summed E-state index contributed by atoms with van der Waals surface area (Å²) in [7, 11) is -4.25. The van der Waals surface area contributed by atoms with Gasteiger partial charge in [-0.15, -0.1) is 5.10 Å². The molecular weight excluding hydrogens is 434 g/mol. The Bertz CT molecular complexity index is 1260. The Balaban J connectivity index is 1.93. The number of sulfonamides is 1. The van der Waals surface area contributed by atoms with Gasteiger partial charge in [-0.1, -0.05) is 38.1 Å². The largest absolute Gasteiger partial charge is 0.507 e.